The normalized spacial score (nSPS) is 13.9. The Morgan fingerprint density at radius 3 is 2.30 bits per heavy atom. The van der Waals surface area contributed by atoms with E-state index in [1.807, 2.05) is 54.6 Å². The predicted octanol–water partition coefficient (Wildman–Crippen LogP) is 5.02. The molecule has 0 unspecified atom stereocenters. The van der Waals surface area contributed by atoms with Crippen LogP contribution >= 0.6 is 15.9 Å². The highest BCUT2D eigenvalue weighted by Gasteiger charge is 2.38. The molecule has 30 heavy (non-hydrogen) atoms. The van der Waals surface area contributed by atoms with E-state index < -0.39 is 0 Å². The molecule has 6 heteroatoms. The van der Waals surface area contributed by atoms with Gasteiger partial charge in [-0.3, -0.25) is 14.5 Å². The molecular weight excluding hydrogens is 447 g/mol. The summed E-state index contributed by atoms with van der Waals surface area (Å²) in [6.07, 6.45) is 0.448. The predicted molar refractivity (Wildman–Crippen MR) is 118 cm³/mol. The molecule has 0 spiro atoms. The summed E-state index contributed by atoms with van der Waals surface area (Å²) in [5.74, 6) is -1.03. The maximum Gasteiger partial charge on any atom is 0.278 e. The molecule has 0 atom stereocenters. The molecule has 0 saturated carbocycles. The molecule has 4 rings (SSSR count). The number of carbonyl (C=O) groups is 2. The Morgan fingerprint density at radius 2 is 1.60 bits per heavy atom. The molecule has 0 bridgehead atoms. The van der Waals surface area contributed by atoms with Gasteiger partial charge in [-0.05, 0) is 47.9 Å². The first-order chi connectivity index (χ1) is 14.5. The smallest absolute Gasteiger partial charge is 0.278 e. The standard InChI is InChI=1S/C24H18BrFN2O2/c25-18-7-4-8-20(15-18)27-22-21(17-5-2-1-3-6-17)23(29)28(24(22)30)14-13-16-9-11-19(26)12-10-16/h1-12,15,27H,13-14H2. The summed E-state index contributed by atoms with van der Waals surface area (Å²) in [5, 5.41) is 3.13. The van der Waals surface area contributed by atoms with Gasteiger partial charge in [0.1, 0.15) is 11.5 Å². The molecule has 0 saturated heterocycles. The van der Waals surface area contributed by atoms with Gasteiger partial charge >= 0.3 is 0 Å². The molecule has 1 aliphatic heterocycles. The van der Waals surface area contributed by atoms with E-state index in [0.717, 1.165) is 10.0 Å². The van der Waals surface area contributed by atoms with E-state index in [1.165, 1.54) is 17.0 Å². The molecule has 0 fully saturated rings. The summed E-state index contributed by atoms with van der Waals surface area (Å²) in [6, 6.07) is 22.6. The van der Waals surface area contributed by atoms with Crippen molar-refractivity contribution in [3.05, 3.63) is 106 Å². The Kier molecular flexibility index (Phi) is 5.77. The second-order valence-corrected chi connectivity index (χ2v) is 7.81. The van der Waals surface area contributed by atoms with Crippen molar-refractivity contribution in [1.29, 1.82) is 0 Å². The van der Waals surface area contributed by atoms with E-state index in [1.54, 1.807) is 12.1 Å². The van der Waals surface area contributed by atoms with Gasteiger partial charge in [-0.25, -0.2) is 4.39 Å². The van der Waals surface area contributed by atoms with E-state index in [4.69, 9.17) is 0 Å². The van der Waals surface area contributed by atoms with Crippen molar-refractivity contribution in [2.45, 2.75) is 6.42 Å². The van der Waals surface area contributed by atoms with Gasteiger partial charge in [0.15, 0.2) is 0 Å². The SMILES string of the molecule is O=C1C(Nc2cccc(Br)c2)=C(c2ccccc2)C(=O)N1CCc1ccc(F)cc1. The van der Waals surface area contributed by atoms with Gasteiger partial charge < -0.3 is 5.32 Å². The first-order valence-corrected chi connectivity index (χ1v) is 10.2. The van der Waals surface area contributed by atoms with Crippen LogP contribution in [0.1, 0.15) is 11.1 Å². The number of nitrogens with one attached hydrogen (secondary N) is 1. The molecule has 0 aliphatic carbocycles. The van der Waals surface area contributed by atoms with Gasteiger partial charge in [-0.15, -0.1) is 0 Å². The van der Waals surface area contributed by atoms with Crippen molar-refractivity contribution in [2.24, 2.45) is 0 Å². The van der Waals surface area contributed by atoms with Crippen molar-refractivity contribution in [3.8, 4) is 0 Å². The van der Waals surface area contributed by atoms with E-state index in [9.17, 15) is 14.0 Å². The number of hydrogen-bond donors (Lipinski definition) is 1. The molecule has 1 heterocycles. The highest BCUT2D eigenvalue weighted by Crippen LogP contribution is 2.31. The number of rotatable bonds is 6. The lowest BCUT2D eigenvalue weighted by Crippen LogP contribution is -2.34. The maximum absolute atomic E-state index is 13.2. The maximum atomic E-state index is 13.2. The highest BCUT2D eigenvalue weighted by atomic mass is 79.9. The van der Waals surface area contributed by atoms with Crippen LogP contribution in [0.4, 0.5) is 10.1 Å². The van der Waals surface area contributed by atoms with Gasteiger partial charge in [-0.2, -0.15) is 0 Å². The number of imide groups is 1. The van der Waals surface area contributed by atoms with Crippen LogP contribution in [0.2, 0.25) is 0 Å². The second-order valence-electron chi connectivity index (χ2n) is 6.89. The molecule has 2 amide bonds. The molecule has 150 valence electrons. The van der Waals surface area contributed by atoms with Crippen LogP contribution in [0.3, 0.4) is 0 Å². The average molecular weight is 465 g/mol. The number of anilines is 1. The van der Waals surface area contributed by atoms with Gasteiger partial charge in [-0.1, -0.05) is 64.5 Å². The average Bonchev–Trinajstić information content (AvgIpc) is 2.98. The van der Waals surface area contributed by atoms with Crippen molar-refractivity contribution in [2.75, 3.05) is 11.9 Å². The Morgan fingerprint density at radius 1 is 0.867 bits per heavy atom. The minimum absolute atomic E-state index is 0.212. The zero-order valence-corrected chi connectivity index (χ0v) is 17.5. The van der Waals surface area contributed by atoms with Gasteiger partial charge in [0.05, 0.1) is 5.57 Å². The van der Waals surface area contributed by atoms with E-state index in [-0.39, 0.29) is 29.9 Å². The zero-order chi connectivity index (χ0) is 21.1. The van der Waals surface area contributed by atoms with Gasteiger partial charge in [0, 0.05) is 16.7 Å². The van der Waals surface area contributed by atoms with Crippen LogP contribution in [0.5, 0.6) is 0 Å². The molecule has 1 aliphatic rings. The van der Waals surface area contributed by atoms with Crippen LogP contribution in [0, 0.1) is 5.82 Å². The summed E-state index contributed by atoms with van der Waals surface area (Å²) in [5.41, 5.74) is 2.83. The Bertz CT molecular complexity index is 1130. The third-order valence-corrected chi connectivity index (χ3v) is 5.36. The molecule has 4 nitrogen and oxygen atoms in total. The number of nitrogens with zero attached hydrogens (tertiary/aromatic N) is 1. The van der Waals surface area contributed by atoms with E-state index >= 15 is 0 Å². The molecule has 3 aromatic carbocycles. The summed E-state index contributed by atoms with van der Waals surface area (Å²) >= 11 is 3.42. The lowest BCUT2D eigenvalue weighted by Gasteiger charge is -2.15. The summed E-state index contributed by atoms with van der Waals surface area (Å²) < 4.78 is 14.0. The van der Waals surface area contributed by atoms with Crippen LogP contribution in [0.25, 0.3) is 5.57 Å². The van der Waals surface area contributed by atoms with E-state index in [2.05, 4.69) is 21.2 Å². The van der Waals surface area contributed by atoms with Crippen LogP contribution in [-0.2, 0) is 16.0 Å². The number of carbonyl (C=O) groups excluding carboxylic acids is 2. The number of benzene rings is 3. The Balaban J connectivity index is 1.64. The van der Waals surface area contributed by atoms with Crippen LogP contribution < -0.4 is 5.32 Å². The molecule has 3 aromatic rings. The second kappa shape index (κ2) is 8.63. The number of halogens is 2. The summed E-state index contributed by atoms with van der Waals surface area (Å²) in [4.78, 5) is 27.6. The van der Waals surface area contributed by atoms with Gasteiger partial charge in [0.25, 0.3) is 11.8 Å². The Hall–Kier alpha value is -3.25. The van der Waals surface area contributed by atoms with Crippen molar-refractivity contribution in [1.82, 2.24) is 4.90 Å². The molecule has 0 radical (unpaired) electrons. The lowest BCUT2D eigenvalue weighted by molar-refractivity contribution is -0.136. The first-order valence-electron chi connectivity index (χ1n) is 9.46. The monoisotopic (exact) mass is 464 g/mol. The minimum Gasteiger partial charge on any atom is -0.350 e. The highest BCUT2D eigenvalue weighted by molar-refractivity contribution is 9.10. The fraction of sp³-hybridized carbons (Fsp3) is 0.0833. The fourth-order valence-electron chi connectivity index (χ4n) is 3.37. The molecule has 0 aromatic heterocycles. The topological polar surface area (TPSA) is 49.4 Å². The quantitative estimate of drug-likeness (QED) is 0.520. The van der Waals surface area contributed by atoms with Crippen molar-refractivity contribution >= 4 is 39.0 Å². The van der Waals surface area contributed by atoms with Crippen LogP contribution in [0.15, 0.2) is 89.0 Å². The summed E-state index contributed by atoms with van der Waals surface area (Å²) in [7, 11) is 0. The minimum atomic E-state index is -0.374. The van der Waals surface area contributed by atoms with Gasteiger partial charge in [0.2, 0.25) is 0 Å². The number of hydrogen-bond acceptors (Lipinski definition) is 3. The lowest BCUT2D eigenvalue weighted by atomic mass is 10.0. The zero-order valence-electron chi connectivity index (χ0n) is 15.9. The third kappa shape index (κ3) is 4.19. The molecule has 1 N–H and O–H groups in total. The largest absolute Gasteiger partial charge is 0.350 e. The molecular formula is C24H18BrFN2O2. The van der Waals surface area contributed by atoms with Crippen molar-refractivity contribution < 1.29 is 14.0 Å². The van der Waals surface area contributed by atoms with Crippen molar-refractivity contribution in [3.63, 3.8) is 0 Å². The van der Waals surface area contributed by atoms with Crippen LogP contribution in [-0.4, -0.2) is 23.3 Å². The Labute approximate surface area is 182 Å². The van der Waals surface area contributed by atoms with E-state index in [0.29, 0.717) is 23.2 Å². The number of amides is 2. The summed E-state index contributed by atoms with van der Waals surface area (Å²) in [6.45, 7) is 0.212. The third-order valence-electron chi connectivity index (χ3n) is 4.86. The first kappa shape index (κ1) is 20.0. The fourth-order valence-corrected chi connectivity index (χ4v) is 3.77.